The molecule has 1 aliphatic rings. The molecule has 1 N–H and O–H groups in total. The van der Waals surface area contributed by atoms with Gasteiger partial charge in [0.1, 0.15) is 5.76 Å². The summed E-state index contributed by atoms with van der Waals surface area (Å²) in [5.74, 6) is -0.299. The molecule has 0 aromatic heterocycles. The van der Waals surface area contributed by atoms with Crippen molar-refractivity contribution in [1.82, 2.24) is 0 Å². The fraction of sp³-hybridized carbons (Fsp3) is 0.571. The number of cyclic esters (lactones) is 1. The summed E-state index contributed by atoms with van der Waals surface area (Å²) < 4.78 is 4.73. The van der Waals surface area contributed by atoms with Crippen LogP contribution in [0.25, 0.3) is 0 Å². The first-order valence-electron chi connectivity index (χ1n) is 3.19. The van der Waals surface area contributed by atoms with Crippen molar-refractivity contribution in [3.8, 4) is 0 Å². The van der Waals surface area contributed by atoms with E-state index in [2.05, 4.69) is 0 Å². The van der Waals surface area contributed by atoms with E-state index in [1.54, 1.807) is 13.8 Å². The molecule has 0 bridgehead atoms. The molecule has 0 saturated heterocycles. The van der Waals surface area contributed by atoms with Crippen LogP contribution in [0.3, 0.4) is 0 Å². The first kappa shape index (κ1) is 7.28. The second-order valence-corrected chi connectivity index (χ2v) is 2.48. The molecule has 3 nitrogen and oxygen atoms in total. The van der Waals surface area contributed by atoms with Gasteiger partial charge in [0, 0.05) is 0 Å². The van der Waals surface area contributed by atoms with E-state index in [1.165, 1.54) is 6.08 Å². The van der Waals surface area contributed by atoms with Crippen LogP contribution in [-0.4, -0.2) is 17.2 Å². The number of aliphatic hydroxyl groups excluding tert-OH is 1. The predicted molar refractivity (Wildman–Crippen MR) is 35.0 cm³/mol. The van der Waals surface area contributed by atoms with Crippen LogP contribution in [0.5, 0.6) is 0 Å². The minimum Gasteiger partial charge on any atom is -0.431 e. The summed E-state index contributed by atoms with van der Waals surface area (Å²) in [6, 6.07) is 0. The van der Waals surface area contributed by atoms with Gasteiger partial charge < -0.3 is 9.84 Å². The molecular weight excluding hydrogens is 132 g/mol. The van der Waals surface area contributed by atoms with Crippen LogP contribution in [0.1, 0.15) is 13.8 Å². The number of hydrogen-bond donors (Lipinski definition) is 1. The van der Waals surface area contributed by atoms with E-state index in [0.29, 0.717) is 5.76 Å². The third kappa shape index (κ3) is 1.19. The Balaban J connectivity index is 2.79. The van der Waals surface area contributed by atoms with Crippen molar-refractivity contribution in [3.63, 3.8) is 0 Å². The van der Waals surface area contributed by atoms with Crippen LogP contribution in [0.2, 0.25) is 0 Å². The summed E-state index contributed by atoms with van der Waals surface area (Å²) in [6.45, 7) is 3.28. The molecule has 0 spiro atoms. The maximum absolute atomic E-state index is 10.8. The maximum Gasteiger partial charge on any atom is 0.316 e. The van der Waals surface area contributed by atoms with Gasteiger partial charge in [-0.2, -0.15) is 0 Å². The Morgan fingerprint density at radius 2 is 2.30 bits per heavy atom. The lowest BCUT2D eigenvalue weighted by molar-refractivity contribution is -0.148. The Morgan fingerprint density at radius 3 is 2.80 bits per heavy atom. The van der Waals surface area contributed by atoms with Crippen molar-refractivity contribution >= 4 is 5.97 Å². The highest BCUT2D eigenvalue weighted by atomic mass is 16.5. The molecule has 0 aliphatic carbocycles. The van der Waals surface area contributed by atoms with E-state index >= 15 is 0 Å². The number of carbonyl (C=O) groups is 1. The molecule has 1 heterocycles. The van der Waals surface area contributed by atoms with Crippen LogP contribution in [-0.2, 0) is 9.53 Å². The zero-order chi connectivity index (χ0) is 7.72. The first-order chi connectivity index (χ1) is 4.61. The Morgan fingerprint density at radius 1 is 1.70 bits per heavy atom. The van der Waals surface area contributed by atoms with Gasteiger partial charge in [-0.05, 0) is 19.9 Å². The summed E-state index contributed by atoms with van der Waals surface area (Å²) in [5, 5.41) is 9.14. The van der Waals surface area contributed by atoms with Crippen molar-refractivity contribution in [1.29, 1.82) is 0 Å². The Bertz CT molecular complexity index is 183. The van der Waals surface area contributed by atoms with Gasteiger partial charge in [-0.25, -0.2) is 0 Å². The van der Waals surface area contributed by atoms with Gasteiger partial charge in [0.2, 0.25) is 0 Å². The third-order valence-corrected chi connectivity index (χ3v) is 1.55. The highest BCUT2D eigenvalue weighted by molar-refractivity contribution is 5.75. The number of allylic oxidation sites excluding steroid dienone is 1. The Labute approximate surface area is 59.3 Å². The van der Waals surface area contributed by atoms with Crippen molar-refractivity contribution < 1.29 is 14.6 Å². The average molecular weight is 142 g/mol. The van der Waals surface area contributed by atoms with Gasteiger partial charge in [-0.3, -0.25) is 4.79 Å². The monoisotopic (exact) mass is 142 g/mol. The van der Waals surface area contributed by atoms with Gasteiger partial charge in [-0.1, -0.05) is 0 Å². The van der Waals surface area contributed by atoms with Crippen molar-refractivity contribution in [2.75, 3.05) is 0 Å². The summed E-state index contributed by atoms with van der Waals surface area (Å²) in [7, 11) is 0. The Kier molecular flexibility index (Phi) is 1.76. The first-order valence-corrected chi connectivity index (χ1v) is 3.19. The third-order valence-electron chi connectivity index (χ3n) is 1.55. The normalized spacial score (nSPS) is 33.1. The number of carbonyl (C=O) groups excluding carboxylic acids is 1. The van der Waals surface area contributed by atoms with E-state index in [9.17, 15) is 4.79 Å². The SMILES string of the molecule is CC1=CC(O)C(C)C(=O)O1. The van der Waals surface area contributed by atoms with Gasteiger partial charge in [0.15, 0.2) is 0 Å². The molecule has 0 fully saturated rings. The molecule has 3 heteroatoms. The largest absolute Gasteiger partial charge is 0.431 e. The van der Waals surface area contributed by atoms with E-state index in [1.807, 2.05) is 0 Å². The molecule has 0 aromatic rings. The lowest BCUT2D eigenvalue weighted by Crippen LogP contribution is -2.29. The van der Waals surface area contributed by atoms with E-state index < -0.39 is 12.0 Å². The quantitative estimate of drug-likeness (QED) is 0.499. The molecule has 2 atom stereocenters. The second-order valence-electron chi connectivity index (χ2n) is 2.48. The second kappa shape index (κ2) is 2.42. The van der Waals surface area contributed by atoms with Crippen LogP contribution >= 0.6 is 0 Å². The summed E-state index contributed by atoms with van der Waals surface area (Å²) >= 11 is 0. The summed E-state index contributed by atoms with van der Waals surface area (Å²) in [4.78, 5) is 10.8. The topological polar surface area (TPSA) is 46.5 Å². The lowest BCUT2D eigenvalue weighted by atomic mass is 10.0. The minimum absolute atomic E-state index is 0.354. The van der Waals surface area contributed by atoms with Crippen molar-refractivity contribution in [2.45, 2.75) is 20.0 Å². The van der Waals surface area contributed by atoms with Crippen LogP contribution < -0.4 is 0 Å². The maximum atomic E-state index is 10.8. The summed E-state index contributed by atoms with van der Waals surface area (Å²) in [5.41, 5.74) is 0. The Hall–Kier alpha value is -0.830. The smallest absolute Gasteiger partial charge is 0.316 e. The van der Waals surface area contributed by atoms with Crippen LogP contribution in [0, 0.1) is 5.92 Å². The van der Waals surface area contributed by atoms with Gasteiger partial charge in [0.05, 0.1) is 12.0 Å². The number of rotatable bonds is 0. The molecule has 1 aliphatic heterocycles. The lowest BCUT2D eigenvalue weighted by Gasteiger charge is -2.20. The van der Waals surface area contributed by atoms with Gasteiger partial charge in [-0.15, -0.1) is 0 Å². The minimum atomic E-state index is -0.679. The molecular formula is C7H10O3. The standard InChI is InChI=1S/C7H10O3/c1-4-3-6(8)5(2)7(9)10-4/h3,5-6,8H,1-2H3. The number of aliphatic hydroxyl groups is 1. The van der Waals surface area contributed by atoms with Gasteiger partial charge >= 0.3 is 5.97 Å². The molecule has 56 valence electrons. The van der Waals surface area contributed by atoms with E-state index in [0.717, 1.165) is 0 Å². The highest BCUT2D eigenvalue weighted by Crippen LogP contribution is 2.16. The number of hydrogen-bond acceptors (Lipinski definition) is 3. The number of ether oxygens (including phenoxy) is 1. The predicted octanol–water partition coefficient (Wildman–Crippen LogP) is 0.444. The molecule has 2 unspecified atom stereocenters. The molecule has 0 radical (unpaired) electrons. The highest BCUT2D eigenvalue weighted by Gasteiger charge is 2.26. The van der Waals surface area contributed by atoms with Crippen LogP contribution in [0.15, 0.2) is 11.8 Å². The zero-order valence-corrected chi connectivity index (χ0v) is 6.00. The molecule has 1 rings (SSSR count). The average Bonchev–Trinajstić information content (AvgIpc) is 1.82. The van der Waals surface area contributed by atoms with Gasteiger partial charge in [0.25, 0.3) is 0 Å². The number of esters is 1. The zero-order valence-electron chi connectivity index (χ0n) is 6.00. The fourth-order valence-electron chi connectivity index (χ4n) is 0.810. The fourth-order valence-corrected chi connectivity index (χ4v) is 0.810. The molecule has 10 heavy (non-hydrogen) atoms. The molecule has 0 saturated carbocycles. The van der Waals surface area contributed by atoms with Crippen molar-refractivity contribution in [2.24, 2.45) is 5.92 Å². The summed E-state index contributed by atoms with van der Waals surface area (Å²) in [6.07, 6.45) is 0.854. The van der Waals surface area contributed by atoms with Crippen LogP contribution in [0.4, 0.5) is 0 Å². The van der Waals surface area contributed by atoms with E-state index in [4.69, 9.17) is 9.84 Å². The van der Waals surface area contributed by atoms with Crippen molar-refractivity contribution in [3.05, 3.63) is 11.8 Å². The molecule has 0 amide bonds. The molecule has 0 aromatic carbocycles. The van der Waals surface area contributed by atoms with E-state index in [-0.39, 0.29) is 5.97 Å².